The first-order chi connectivity index (χ1) is 5.54. The Hall–Kier alpha value is -1.17. The smallest absolute Gasteiger partial charge is 0.329 e. The molecule has 0 saturated carbocycles. The number of hydrogen-bond acceptors (Lipinski definition) is 3. The molecule has 2 amide bonds. The van der Waals surface area contributed by atoms with Gasteiger partial charge in [-0.05, 0) is 13.8 Å². The van der Waals surface area contributed by atoms with Crippen molar-refractivity contribution >= 4 is 24.5 Å². The third kappa shape index (κ3) is 1.38. The summed E-state index contributed by atoms with van der Waals surface area (Å²) in [7, 11) is 0. The molecule has 12 heavy (non-hydrogen) atoms. The Morgan fingerprint density at radius 3 is 2.58 bits per heavy atom. The number of nitrogens with zero attached hydrogens (tertiary/aromatic N) is 2. The number of primary amides is 1. The molecule has 0 aliphatic rings. The van der Waals surface area contributed by atoms with Crippen molar-refractivity contribution in [3.63, 3.8) is 0 Å². The van der Waals surface area contributed by atoms with Gasteiger partial charge >= 0.3 is 6.03 Å². The fourth-order valence-corrected chi connectivity index (χ4v) is 1.26. The van der Waals surface area contributed by atoms with Gasteiger partial charge in [0.1, 0.15) is 5.69 Å². The molecule has 0 aromatic carbocycles. The quantitative estimate of drug-likeness (QED) is 0.566. The fraction of sp³-hybridized carbons (Fsp3) is 0.333. The number of amides is 2. The zero-order valence-electron chi connectivity index (χ0n) is 6.83. The molecule has 0 aliphatic carbocycles. The van der Waals surface area contributed by atoms with Crippen LogP contribution in [-0.2, 0) is 0 Å². The second kappa shape index (κ2) is 3.06. The van der Waals surface area contributed by atoms with Gasteiger partial charge < -0.3 is 5.73 Å². The van der Waals surface area contributed by atoms with Crippen molar-refractivity contribution < 1.29 is 4.79 Å². The number of aromatic amines is 1. The normalized spacial score (nSPS) is 9.92. The topological polar surface area (TPSA) is 75.0 Å². The van der Waals surface area contributed by atoms with Gasteiger partial charge in [0.25, 0.3) is 0 Å². The van der Waals surface area contributed by atoms with E-state index in [-0.39, 0.29) is 0 Å². The lowest BCUT2D eigenvalue weighted by atomic mass is 10.3. The summed E-state index contributed by atoms with van der Waals surface area (Å²) in [5.41, 5.74) is 7.11. The minimum absolute atomic E-state index is 0.617. The average molecular weight is 186 g/mol. The van der Waals surface area contributed by atoms with Crippen molar-refractivity contribution in [3.8, 4) is 0 Å². The minimum atomic E-state index is -0.620. The van der Waals surface area contributed by atoms with Crippen molar-refractivity contribution in [2.45, 2.75) is 13.8 Å². The van der Waals surface area contributed by atoms with Crippen LogP contribution in [0.15, 0.2) is 0 Å². The number of hydrogen-bond donors (Lipinski definition) is 3. The fourth-order valence-electron chi connectivity index (χ4n) is 0.967. The molecule has 6 heteroatoms. The van der Waals surface area contributed by atoms with Crippen LogP contribution in [0.1, 0.15) is 11.4 Å². The Balaban J connectivity index is 3.08. The van der Waals surface area contributed by atoms with E-state index in [1.165, 1.54) is 0 Å². The second-order valence-corrected chi connectivity index (χ2v) is 2.83. The molecule has 1 heterocycles. The molecule has 1 aromatic heterocycles. The van der Waals surface area contributed by atoms with E-state index in [0.29, 0.717) is 11.4 Å². The molecule has 0 bridgehead atoms. The van der Waals surface area contributed by atoms with E-state index < -0.39 is 6.03 Å². The molecule has 0 saturated heterocycles. The molecular weight excluding hydrogens is 176 g/mol. The number of anilines is 1. The highest BCUT2D eigenvalue weighted by Crippen LogP contribution is 2.22. The van der Waals surface area contributed by atoms with Crippen LogP contribution in [-0.4, -0.2) is 16.2 Å². The van der Waals surface area contributed by atoms with Gasteiger partial charge in [-0.25, -0.2) is 9.10 Å². The maximum absolute atomic E-state index is 10.7. The van der Waals surface area contributed by atoms with Crippen LogP contribution in [0.4, 0.5) is 10.5 Å². The molecule has 1 aromatic rings. The Morgan fingerprint density at radius 2 is 2.25 bits per heavy atom. The summed E-state index contributed by atoms with van der Waals surface area (Å²) in [5, 5.41) is 6.62. The SMILES string of the molecule is Cc1n[nH]c(C)c1N(S)C(N)=O. The number of urea groups is 1. The van der Waals surface area contributed by atoms with Crippen LogP contribution in [0, 0.1) is 13.8 Å². The van der Waals surface area contributed by atoms with E-state index in [1.807, 2.05) is 0 Å². The monoisotopic (exact) mass is 186 g/mol. The van der Waals surface area contributed by atoms with Gasteiger partial charge in [-0.2, -0.15) is 5.10 Å². The first-order valence-corrected chi connectivity index (χ1v) is 3.74. The van der Waals surface area contributed by atoms with Crippen LogP contribution < -0.4 is 10.0 Å². The molecular formula is C6H10N4OS. The summed E-state index contributed by atoms with van der Waals surface area (Å²) in [6.07, 6.45) is 0. The maximum atomic E-state index is 10.7. The number of H-pyrrole nitrogens is 1. The predicted octanol–water partition coefficient (Wildman–Crippen LogP) is 0.756. The number of thiol groups is 1. The molecule has 5 nitrogen and oxygen atoms in total. The standard InChI is InChI=1S/C6H10N4OS/c1-3-5(4(2)9-8-3)10(12)6(7)11/h12H,1-2H3,(H2,7,11)(H,8,9). The van der Waals surface area contributed by atoms with E-state index in [1.54, 1.807) is 13.8 Å². The van der Waals surface area contributed by atoms with Gasteiger partial charge in [-0.15, -0.1) is 0 Å². The number of carbonyl (C=O) groups is 1. The largest absolute Gasteiger partial charge is 0.350 e. The molecule has 0 fully saturated rings. The summed E-state index contributed by atoms with van der Waals surface area (Å²) in [6.45, 7) is 3.56. The first kappa shape index (κ1) is 8.92. The van der Waals surface area contributed by atoms with Crippen LogP contribution in [0.3, 0.4) is 0 Å². The summed E-state index contributed by atoms with van der Waals surface area (Å²) in [4.78, 5) is 10.7. The Kier molecular flexibility index (Phi) is 2.27. The van der Waals surface area contributed by atoms with Gasteiger partial charge in [0.2, 0.25) is 0 Å². The molecule has 0 radical (unpaired) electrons. The van der Waals surface area contributed by atoms with Crippen LogP contribution >= 0.6 is 12.8 Å². The van der Waals surface area contributed by atoms with Gasteiger partial charge in [0, 0.05) is 0 Å². The lowest BCUT2D eigenvalue weighted by molar-refractivity contribution is 0.257. The van der Waals surface area contributed by atoms with E-state index >= 15 is 0 Å². The number of aromatic nitrogens is 2. The maximum Gasteiger partial charge on any atom is 0.329 e. The number of aryl methyl sites for hydroxylation is 2. The molecule has 0 atom stereocenters. The average Bonchev–Trinajstić information content (AvgIpc) is 2.30. The highest BCUT2D eigenvalue weighted by atomic mass is 32.1. The number of rotatable bonds is 1. The van der Waals surface area contributed by atoms with Crippen molar-refractivity contribution in [1.29, 1.82) is 0 Å². The van der Waals surface area contributed by atoms with Crippen molar-refractivity contribution in [1.82, 2.24) is 10.2 Å². The number of carbonyl (C=O) groups excluding carboxylic acids is 1. The van der Waals surface area contributed by atoms with E-state index in [2.05, 4.69) is 23.0 Å². The lowest BCUT2D eigenvalue weighted by Crippen LogP contribution is -2.27. The Morgan fingerprint density at radius 1 is 1.67 bits per heavy atom. The second-order valence-electron chi connectivity index (χ2n) is 2.43. The van der Waals surface area contributed by atoms with Crippen molar-refractivity contribution in [2.75, 3.05) is 4.31 Å². The van der Waals surface area contributed by atoms with Gasteiger partial charge in [0.05, 0.1) is 11.4 Å². The van der Waals surface area contributed by atoms with Gasteiger partial charge in [-0.1, -0.05) is 12.8 Å². The number of nitrogens with one attached hydrogen (secondary N) is 1. The molecule has 3 N–H and O–H groups in total. The summed E-state index contributed by atoms with van der Waals surface area (Å²) < 4.78 is 1.06. The first-order valence-electron chi connectivity index (χ1n) is 3.34. The van der Waals surface area contributed by atoms with Crippen LogP contribution in [0.25, 0.3) is 0 Å². The molecule has 1 rings (SSSR count). The lowest BCUT2D eigenvalue weighted by Gasteiger charge is -2.11. The van der Waals surface area contributed by atoms with Crippen molar-refractivity contribution in [2.24, 2.45) is 5.73 Å². The van der Waals surface area contributed by atoms with E-state index in [9.17, 15) is 4.79 Å². The molecule has 66 valence electrons. The molecule has 0 unspecified atom stereocenters. The Bertz CT molecular complexity index is 289. The zero-order chi connectivity index (χ0) is 9.30. The summed E-state index contributed by atoms with van der Waals surface area (Å²) >= 11 is 3.92. The van der Waals surface area contributed by atoms with Crippen molar-refractivity contribution in [3.05, 3.63) is 11.4 Å². The highest BCUT2D eigenvalue weighted by Gasteiger charge is 2.15. The van der Waals surface area contributed by atoms with E-state index in [0.717, 1.165) is 10.00 Å². The summed E-state index contributed by atoms with van der Waals surface area (Å²) in [6, 6.07) is -0.620. The Labute approximate surface area is 75.5 Å². The highest BCUT2D eigenvalue weighted by molar-refractivity contribution is 7.82. The predicted molar refractivity (Wildman–Crippen MR) is 49.1 cm³/mol. The summed E-state index contributed by atoms with van der Waals surface area (Å²) in [5.74, 6) is 0. The van der Waals surface area contributed by atoms with Crippen LogP contribution in [0.2, 0.25) is 0 Å². The number of nitrogens with two attached hydrogens (primary N) is 1. The third-order valence-corrected chi connectivity index (χ3v) is 1.91. The minimum Gasteiger partial charge on any atom is -0.350 e. The molecule has 0 spiro atoms. The van der Waals surface area contributed by atoms with Gasteiger partial charge in [-0.3, -0.25) is 5.10 Å². The van der Waals surface area contributed by atoms with Gasteiger partial charge in [0.15, 0.2) is 0 Å². The van der Waals surface area contributed by atoms with Crippen LogP contribution in [0.5, 0.6) is 0 Å². The van der Waals surface area contributed by atoms with E-state index in [4.69, 9.17) is 5.73 Å². The molecule has 0 aliphatic heterocycles. The zero-order valence-corrected chi connectivity index (χ0v) is 7.72. The third-order valence-electron chi connectivity index (χ3n) is 1.51.